The van der Waals surface area contributed by atoms with Crippen molar-refractivity contribution in [2.75, 3.05) is 0 Å². The van der Waals surface area contributed by atoms with Gasteiger partial charge in [0.05, 0.1) is 22.2 Å². The Bertz CT molecular complexity index is 2730. The largest absolute Gasteiger partial charge is 0.278 e. The predicted octanol–water partition coefficient (Wildman–Crippen LogP) is 11.0. The van der Waals surface area contributed by atoms with Crippen LogP contribution in [0.15, 0.2) is 152 Å². The Kier molecular flexibility index (Phi) is 5.00. The van der Waals surface area contributed by atoms with Crippen molar-refractivity contribution >= 4 is 75.8 Å². The summed E-state index contributed by atoms with van der Waals surface area (Å²) in [6.45, 7) is 0. The van der Waals surface area contributed by atoms with Gasteiger partial charge in [-0.15, -0.1) is 0 Å². The molecule has 10 rings (SSSR count). The summed E-state index contributed by atoms with van der Waals surface area (Å²) in [7, 11) is 0. The molecular formula is C42H25N3. The number of hydrogen-bond donors (Lipinski definition) is 0. The first-order valence-corrected chi connectivity index (χ1v) is 15.4. The predicted molar refractivity (Wildman–Crippen MR) is 189 cm³/mol. The van der Waals surface area contributed by atoms with E-state index in [0.717, 1.165) is 33.2 Å². The third-order valence-electron chi connectivity index (χ3n) is 9.36. The molecule has 0 aliphatic rings. The van der Waals surface area contributed by atoms with Crippen molar-refractivity contribution in [1.29, 1.82) is 0 Å². The average Bonchev–Trinajstić information content (AvgIpc) is 3.46. The van der Waals surface area contributed by atoms with E-state index in [9.17, 15) is 0 Å². The summed E-state index contributed by atoms with van der Waals surface area (Å²) in [6.07, 6.45) is 0. The third kappa shape index (κ3) is 3.46. The van der Waals surface area contributed by atoms with Gasteiger partial charge >= 0.3 is 0 Å². The molecule has 45 heavy (non-hydrogen) atoms. The van der Waals surface area contributed by atoms with Gasteiger partial charge in [-0.3, -0.25) is 4.57 Å². The molecule has 208 valence electrons. The first kappa shape index (κ1) is 24.4. The minimum atomic E-state index is 0.673. The molecule has 0 saturated heterocycles. The molecular weight excluding hydrogens is 546 g/mol. The van der Waals surface area contributed by atoms with Crippen molar-refractivity contribution in [1.82, 2.24) is 14.5 Å². The van der Waals surface area contributed by atoms with Crippen LogP contribution in [0.4, 0.5) is 0 Å². The van der Waals surface area contributed by atoms with E-state index in [4.69, 9.17) is 9.97 Å². The molecule has 0 atom stereocenters. The summed E-state index contributed by atoms with van der Waals surface area (Å²) in [4.78, 5) is 10.7. The zero-order chi connectivity index (χ0) is 29.5. The van der Waals surface area contributed by atoms with Crippen LogP contribution in [0.3, 0.4) is 0 Å². The standard InChI is InChI=1S/C42H25N3/c1-5-15-30-26(11-1)21-23-37-39(30)40-31-16-6-2-12-27(31)22-24-38(40)45(37)42-43-36-20-10-9-19-34(36)41(44-42)35-25-28-13-3-4-14-29(28)32-17-7-8-18-33(32)35/h1-25H. The Hall–Kier alpha value is -6.06. The Morgan fingerprint density at radius 3 is 1.56 bits per heavy atom. The molecule has 8 aromatic carbocycles. The topological polar surface area (TPSA) is 30.7 Å². The second kappa shape index (κ2) is 9.22. The fraction of sp³-hybridized carbons (Fsp3) is 0. The smallest absolute Gasteiger partial charge is 0.235 e. The molecule has 10 aromatic rings. The van der Waals surface area contributed by atoms with Gasteiger partial charge in [0.1, 0.15) is 0 Å². The molecule has 0 amide bonds. The Morgan fingerprint density at radius 2 is 0.889 bits per heavy atom. The summed E-state index contributed by atoms with van der Waals surface area (Å²) in [5.74, 6) is 0.673. The van der Waals surface area contributed by atoms with Gasteiger partial charge in [0.15, 0.2) is 0 Å². The molecule has 0 aliphatic heterocycles. The van der Waals surface area contributed by atoms with Crippen LogP contribution in [-0.4, -0.2) is 14.5 Å². The van der Waals surface area contributed by atoms with E-state index >= 15 is 0 Å². The Morgan fingerprint density at radius 1 is 0.378 bits per heavy atom. The maximum absolute atomic E-state index is 5.48. The normalized spacial score (nSPS) is 12.0. The van der Waals surface area contributed by atoms with Crippen LogP contribution in [0.2, 0.25) is 0 Å². The van der Waals surface area contributed by atoms with Gasteiger partial charge < -0.3 is 0 Å². The number of nitrogens with zero attached hydrogens (tertiary/aromatic N) is 3. The van der Waals surface area contributed by atoms with E-state index < -0.39 is 0 Å². The molecule has 3 nitrogen and oxygen atoms in total. The summed E-state index contributed by atoms with van der Waals surface area (Å²) in [5, 5.41) is 13.3. The van der Waals surface area contributed by atoms with Crippen molar-refractivity contribution in [3.63, 3.8) is 0 Å². The van der Waals surface area contributed by atoms with E-state index in [0.29, 0.717) is 5.95 Å². The Labute approximate surface area is 258 Å². The molecule has 0 N–H and O–H groups in total. The first-order chi connectivity index (χ1) is 22.3. The fourth-order valence-corrected chi connectivity index (χ4v) is 7.38. The second-order valence-corrected chi connectivity index (χ2v) is 11.8. The Balaban J connectivity index is 1.38. The number of para-hydroxylation sites is 1. The highest BCUT2D eigenvalue weighted by molar-refractivity contribution is 6.28. The lowest BCUT2D eigenvalue weighted by Crippen LogP contribution is -2.03. The minimum absolute atomic E-state index is 0.673. The highest BCUT2D eigenvalue weighted by Crippen LogP contribution is 2.42. The summed E-state index contributed by atoms with van der Waals surface area (Å²) in [6, 6.07) is 54.2. The minimum Gasteiger partial charge on any atom is -0.278 e. The highest BCUT2D eigenvalue weighted by Gasteiger charge is 2.21. The van der Waals surface area contributed by atoms with Crippen molar-refractivity contribution in [3.8, 4) is 17.2 Å². The van der Waals surface area contributed by atoms with Crippen LogP contribution in [0, 0.1) is 0 Å². The monoisotopic (exact) mass is 571 g/mol. The van der Waals surface area contributed by atoms with Gasteiger partial charge in [0.2, 0.25) is 5.95 Å². The molecule has 2 heterocycles. The van der Waals surface area contributed by atoms with Gasteiger partial charge in [-0.1, -0.05) is 127 Å². The molecule has 0 bridgehead atoms. The molecule has 2 aromatic heterocycles. The summed E-state index contributed by atoms with van der Waals surface area (Å²) in [5.41, 5.74) is 5.18. The van der Waals surface area contributed by atoms with E-state index in [-0.39, 0.29) is 0 Å². The zero-order valence-electron chi connectivity index (χ0n) is 24.3. The number of benzene rings is 8. The molecule has 0 fully saturated rings. The maximum Gasteiger partial charge on any atom is 0.235 e. The molecule has 0 saturated carbocycles. The fourth-order valence-electron chi connectivity index (χ4n) is 7.38. The van der Waals surface area contributed by atoms with E-state index in [1.807, 2.05) is 0 Å². The summed E-state index contributed by atoms with van der Waals surface area (Å²) < 4.78 is 2.27. The van der Waals surface area contributed by atoms with Crippen molar-refractivity contribution in [3.05, 3.63) is 152 Å². The number of aromatic nitrogens is 3. The number of hydrogen-bond acceptors (Lipinski definition) is 2. The van der Waals surface area contributed by atoms with Gasteiger partial charge in [-0.05, 0) is 67.4 Å². The SMILES string of the molecule is c1ccc2c(c1)cc(-c1nc(-n3c4ccc5ccccc5c4c4c5ccccc5ccc43)nc3ccccc13)c1ccccc12. The highest BCUT2D eigenvalue weighted by atomic mass is 15.2. The van der Waals surface area contributed by atoms with Crippen LogP contribution in [0.1, 0.15) is 0 Å². The quantitative estimate of drug-likeness (QED) is 0.193. The van der Waals surface area contributed by atoms with Crippen LogP contribution in [-0.2, 0) is 0 Å². The lowest BCUT2D eigenvalue weighted by molar-refractivity contribution is 1.01. The van der Waals surface area contributed by atoms with Crippen LogP contribution in [0.5, 0.6) is 0 Å². The van der Waals surface area contributed by atoms with Gasteiger partial charge in [-0.2, -0.15) is 0 Å². The van der Waals surface area contributed by atoms with Crippen molar-refractivity contribution < 1.29 is 0 Å². The summed E-state index contributed by atoms with van der Waals surface area (Å²) >= 11 is 0. The van der Waals surface area contributed by atoms with Gasteiger partial charge in [-0.25, -0.2) is 9.97 Å². The molecule has 0 unspecified atom stereocenters. The zero-order valence-corrected chi connectivity index (χ0v) is 24.3. The van der Waals surface area contributed by atoms with Crippen LogP contribution >= 0.6 is 0 Å². The average molecular weight is 572 g/mol. The maximum atomic E-state index is 5.48. The number of fused-ring (bicyclic) bond motifs is 11. The molecule has 0 spiro atoms. The van der Waals surface area contributed by atoms with Crippen molar-refractivity contribution in [2.45, 2.75) is 0 Å². The van der Waals surface area contributed by atoms with Crippen LogP contribution < -0.4 is 0 Å². The number of rotatable bonds is 2. The van der Waals surface area contributed by atoms with E-state index in [1.54, 1.807) is 0 Å². The van der Waals surface area contributed by atoms with Gasteiger partial charge in [0, 0.05) is 21.7 Å². The third-order valence-corrected chi connectivity index (χ3v) is 9.36. The van der Waals surface area contributed by atoms with Crippen molar-refractivity contribution in [2.24, 2.45) is 0 Å². The van der Waals surface area contributed by atoms with E-state index in [1.165, 1.54) is 53.9 Å². The second-order valence-electron chi connectivity index (χ2n) is 11.8. The van der Waals surface area contributed by atoms with Gasteiger partial charge in [0.25, 0.3) is 0 Å². The molecule has 0 aliphatic carbocycles. The van der Waals surface area contributed by atoms with Crippen LogP contribution in [0.25, 0.3) is 93.0 Å². The lowest BCUT2D eigenvalue weighted by Gasteiger charge is -2.15. The molecule has 0 radical (unpaired) electrons. The van der Waals surface area contributed by atoms with E-state index in [2.05, 4.69) is 156 Å². The molecule has 3 heteroatoms. The lowest BCUT2D eigenvalue weighted by atomic mass is 9.94. The first-order valence-electron chi connectivity index (χ1n) is 15.4.